The molecule has 0 spiro atoms. The van der Waals surface area contributed by atoms with Gasteiger partial charge in [0.25, 0.3) is 10.0 Å². The number of nitrogens with one attached hydrogen (secondary N) is 2. The van der Waals surface area contributed by atoms with Gasteiger partial charge < -0.3 is 5.32 Å². The molecule has 0 saturated heterocycles. The van der Waals surface area contributed by atoms with Crippen LogP contribution in [0.2, 0.25) is 5.02 Å². The number of hydrogen-bond acceptors (Lipinski definition) is 3. The van der Waals surface area contributed by atoms with E-state index in [1.54, 1.807) is 43.3 Å². The number of sulfonamides is 1. The van der Waals surface area contributed by atoms with Crippen LogP contribution in [0.5, 0.6) is 0 Å². The largest absolute Gasteiger partial charge is 0.326 e. The van der Waals surface area contributed by atoms with Crippen molar-refractivity contribution < 1.29 is 13.2 Å². The van der Waals surface area contributed by atoms with Gasteiger partial charge in [0, 0.05) is 16.6 Å². The first-order chi connectivity index (χ1) is 12.3. The molecule has 1 fully saturated rings. The molecular weight excluding hydrogens is 372 g/mol. The SMILES string of the molecule is Cc1ccc(NC(=O)C2CCCC2)cc1S(=O)(=O)Nc1cccc(Cl)c1. The van der Waals surface area contributed by atoms with Gasteiger partial charge in [0.15, 0.2) is 0 Å². The molecule has 1 aliphatic rings. The Balaban J connectivity index is 1.83. The fourth-order valence-electron chi connectivity index (χ4n) is 3.16. The van der Waals surface area contributed by atoms with Gasteiger partial charge in [-0.05, 0) is 55.7 Å². The van der Waals surface area contributed by atoms with Gasteiger partial charge in [0.1, 0.15) is 0 Å². The fourth-order valence-corrected chi connectivity index (χ4v) is 4.67. The molecule has 1 amide bonds. The molecule has 1 aliphatic carbocycles. The third-order valence-electron chi connectivity index (χ3n) is 4.55. The molecule has 5 nitrogen and oxygen atoms in total. The second-order valence-corrected chi connectivity index (χ2v) is 8.65. The van der Waals surface area contributed by atoms with E-state index in [0.29, 0.717) is 22.0 Å². The minimum absolute atomic E-state index is 0.0148. The van der Waals surface area contributed by atoms with Gasteiger partial charge in [0.05, 0.1) is 10.6 Å². The van der Waals surface area contributed by atoms with E-state index in [-0.39, 0.29) is 16.7 Å². The van der Waals surface area contributed by atoms with Crippen LogP contribution in [0.4, 0.5) is 11.4 Å². The van der Waals surface area contributed by atoms with E-state index >= 15 is 0 Å². The highest BCUT2D eigenvalue weighted by Crippen LogP contribution is 2.28. The minimum Gasteiger partial charge on any atom is -0.326 e. The molecule has 0 atom stereocenters. The van der Waals surface area contributed by atoms with E-state index in [9.17, 15) is 13.2 Å². The Morgan fingerprint density at radius 1 is 1.08 bits per heavy atom. The summed E-state index contributed by atoms with van der Waals surface area (Å²) in [6, 6.07) is 11.4. The summed E-state index contributed by atoms with van der Waals surface area (Å²) in [5.74, 6) is -0.0292. The van der Waals surface area contributed by atoms with Crippen molar-refractivity contribution in [2.24, 2.45) is 5.92 Å². The molecule has 0 unspecified atom stereocenters. The van der Waals surface area contributed by atoms with Gasteiger partial charge >= 0.3 is 0 Å². The lowest BCUT2D eigenvalue weighted by molar-refractivity contribution is -0.119. The van der Waals surface area contributed by atoms with Gasteiger partial charge in [-0.15, -0.1) is 0 Å². The molecule has 2 aromatic carbocycles. The molecule has 2 N–H and O–H groups in total. The third kappa shape index (κ3) is 4.37. The Morgan fingerprint density at radius 2 is 1.81 bits per heavy atom. The van der Waals surface area contributed by atoms with Crippen LogP contribution in [0.25, 0.3) is 0 Å². The van der Waals surface area contributed by atoms with Crippen LogP contribution >= 0.6 is 11.6 Å². The molecule has 0 aromatic heterocycles. The number of benzene rings is 2. The molecule has 7 heteroatoms. The average Bonchev–Trinajstić information content (AvgIpc) is 3.10. The molecule has 0 bridgehead atoms. The molecule has 0 aliphatic heterocycles. The van der Waals surface area contributed by atoms with Gasteiger partial charge in [-0.3, -0.25) is 9.52 Å². The first-order valence-corrected chi connectivity index (χ1v) is 10.4. The number of aryl methyl sites for hydroxylation is 1. The predicted octanol–water partition coefficient (Wildman–Crippen LogP) is 4.58. The second kappa shape index (κ2) is 7.68. The lowest BCUT2D eigenvalue weighted by atomic mass is 10.1. The quantitative estimate of drug-likeness (QED) is 0.782. The van der Waals surface area contributed by atoms with Crippen molar-refractivity contribution in [1.82, 2.24) is 0 Å². The maximum atomic E-state index is 12.8. The highest BCUT2D eigenvalue weighted by atomic mass is 35.5. The van der Waals surface area contributed by atoms with Crippen molar-refractivity contribution in [2.45, 2.75) is 37.5 Å². The zero-order valence-corrected chi connectivity index (χ0v) is 16.0. The van der Waals surface area contributed by atoms with Gasteiger partial charge in [-0.25, -0.2) is 8.42 Å². The summed E-state index contributed by atoms with van der Waals surface area (Å²) in [5, 5.41) is 3.29. The standard InChI is InChI=1S/C19H21ClN2O3S/c1-13-9-10-16(21-19(23)14-5-2-3-6-14)12-18(13)26(24,25)22-17-8-4-7-15(20)11-17/h4,7-12,14,22H,2-3,5-6H2,1H3,(H,21,23). The molecule has 0 radical (unpaired) electrons. The fraction of sp³-hybridized carbons (Fsp3) is 0.316. The van der Waals surface area contributed by atoms with Gasteiger partial charge in [-0.2, -0.15) is 0 Å². The first-order valence-electron chi connectivity index (χ1n) is 8.55. The van der Waals surface area contributed by atoms with Crippen LogP contribution in [-0.4, -0.2) is 14.3 Å². The van der Waals surface area contributed by atoms with E-state index in [1.807, 2.05) is 0 Å². The van der Waals surface area contributed by atoms with Crippen LogP contribution in [0.3, 0.4) is 0 Å². The smallest absolute Gasteiger partial charge is 0.262 e. The zero-order chi connectivity index (χ0) is 18.7. The number of anilines is 2. The summed E-state index contributed by atoms with van der Waals surface area (Å²) in [7, 11) is -3.80. The van der Waals surface area contributed by atoms with Crippen LogP contribution < -0.4 is 10.0 Å². The molecule has 0 heterocycles. The van der Waals surface area contributed by atoms with Crippen LogP contribution in [0, 0.1) is 12.8 Å². The minimum atomic E-state index is -3.80. The summed E-state index contributed by atoms with van der Waals surface area (Å²) >= 11 is 5.91. The maximum absolute atomic E-state index is 12.8. The lowest BCUT2D eigenvalue weighted by Crippen LogP contribution is -2.21. The Morgan fingerprint density at radius 3 is 2.50 bits per heavy atom. The van der Waals surface area contributed by atoms with E-state index in [4.69, 9.17) is 11.6 Å². The van der Waals surface area contributed by atoms with Crippen molar-refractivity contribution in [2.75, 3.05) is 10.0 Å². The van der Waals surface area contributed by atoms with Crippen LogP contribution in [-0.2, 0) is 14.8 Å². The topological polar surface area (TPSA) is 75.3 Å². The Kier molecular flexibility index (Phi) is 5.53. The van der Waals surface area contributed by atoms with Crippen molar-refractivity contribution in [3.05, 3.63) is 53.1 Å². The summed E-state index contributed by atoms with van der Waals surface area (Å²) in [4.78, 5) is 12.4. The molecule has 1 saturated carbocycles. The molecule has 3 rings (SSSR count). The van der Waals surface area contributed by atoms with Crippen molar-refractivity contribution in [3.8, 4) is 0 Å². The third-order valence-corrected chi connectivity index (χ3v) is 6.31. The highest BCUT2D eigenvalue weighted by Gasteiger charge is 2.23. The summed E-state index contributed by atoms with van der Waals surface area (Å²) in [6.07, 6.45) is 3.91. The van der Waals surface area contributed by atoms with E-state index in [2.05, 4.69) is 10.0 Å². The van der Waals surface area contributed by atoms with Crippen molar-refractivity contribution in [3.63, 3.8) is 0 Å². The van der Waals surface area contributed by atoms with Crippen LogP contribution in [0.1, 0.15) is 31.2 Å². The monoisotopic (exact) mass is 392 g/mol. The Labute approximate surface area is 158 Å². The van der Waals surface area contributed by atoms with Gasteiger partial charge in [0.2, 0.25) is 5.91 Å². The number of hydrogen-bond donors (Lipinski definition) is 2. The van der Waals surface area contributed by atoms with Crippen LogP contribution in [0.15, 0.2) is 47.4 Å². The first kappa shape index (κ1) is 18.7. The Hall–Kier alpha value is -2.05. The normalized spacial score (nSPS) is 15.0. The predicted molar refractivity (Wildman–Crippen MR) is 104 cm³/mol. The molecular formula is C19H21ClN2O3S. The number of halogens is 1. The maximum Gasteiger partial charge on any atom is 0.262 e. The lowest BCUT2D eigenvalue weighted by Gasteiger charge is -2.14. The second-order valence-electron chi connectivity index (χ2n) is 6.57. The highest BCUT2D eigenvalue weighted by molar-refractivity contribution is 7.92. The number of rotatable bonds is 5. The van der Waals surface area contributed by atoms with E-state index < -0.39 is 10.0 Å². The number of carbonyl (C=O) groups is 1. The summed E-state index contributed by atoms with van der Waals surface area (Å²) in [6.45, 7) is 1.72. The summed E-state index contributed by atoms with van der Waals surface area (Å²) in [5.41, 5.74) is 1.47. The number of amides is 1. The van der Waals surface area contributed by atoms with Crippen molar-refractivity contribution in [1.29, 1.82) is 0 Å². The Bertz CT molecular complexity index is 922. The van der Waals surface area contributed by atoms with Gasteiger partial charge in [-0.1, -0.05) is 36.6 Å². The summed E-state index contributed by atoms with van der Waals surface area (Å²) < 4.78 is 28.0. The van der Waals surface area contributed by atoms with E-state index in [0.717, 1.165) is 25.7 Å². The molecule has 2 aromatic rings. The average molecular weight is 393 g/mol. The molecule has 138 valence electrons. The van der Waals surface area contributed by atoms with Crippen molar-refractivity contribution >= 4 is 38.9 Å². The zero-order valence-electron chi connectivity index (χ0n) is 14.5. The van der Waals surface area contributed by atoms with E-state index in [1.165, 1.54) is 6.07 Å². The number of carbonyl (C=O) groups excluding carboxylic acids is 1. The molecule has 26 heavy (non-hydrogen) atoms.